The summed E-state index contributed by atoms with van der Waals surface area (Å²) in [6.07, 6.45) is 0.585. The second kappa shape index (κ2) is 6.50. The molecule has 0 aromatic heterocycles. The number of amides is 1. The van der Waals surface area contributed by atoms with Gasteiger partial charge in [-0.05, 0) is 54.8 Å². The van der Waals surface area contributed by atoms with E-state index in [1.807, 2.05) is 37.3 Å². The SMILES string of the molecule is CCOc1ccc(CC2C(=O)Nc3ccc(Cl)cc32)cc1OC. The Morgan fingerprint density at radius 2 is 2.00 bits per heavy atom. The van der Waals surface area contributed by atoms with Gasteiger partial charge in [0.25, 0.3) is 0 Å². The van der Waals surface area contributed by atoms with Crippen molar-refractivity contribution in [3.05, 3.63) is 52.5 Å². The fourth-order valence-electron chi connectivity index (χ4n) is 2.85. The van der Waals surface area contributed by atoms with Crippen LogP contribution in [0.2, 0.25) is 5.02 Å². The Labute approximate surface area is 140 Å². The third-order valence-corrected chi connectivity index (χ3v) is 4.17. The number of fused-ring (bicyclic) bond motifs is 1. The number of hydrogen-bond donors (Lipinski definition) is 1. The molecule has 120 valence electrons. The number of carbonyl (C=O) groups excluding carboxylic acids is 1. The van der Waals surface area contributed by atoms with E-state index in [2.05, 4.69) is 5.32 Å². The largest absolute Gasteiger partial charge is 0.493 e. The minimum atomic E-state index is -0.244. The van der Waals surface area contributed by atoms with Crippen molar-refractivity contribution in [1.29, 1.82) is 0 Å². The van der Waals surface area contributed by atoms with Crippen LogP contribution in [-0.2, 0) is 11.2 Å². The average molecular weight is 332 g/mol. The molecule has 1 N–H and O–H groups in total. The molecule has 2 aromatic carbocycles. The topological polar surface area (TPSA) is 47.6 Å². The Bertz CT molecular complexity index is 745. The molecule has 1 aliphatic rings. The van der Waals surface area contributed by atoms with Crippen molar-refractivity contribution >= 4 is 23.2 Å². The van der Waals surface area contributed by atoms with Crippen molar-refractivity contribution in [1.82, 2.24) is 0 Å². The van der Waals surface area contributed by atoms with Gasteiger partial charge in [-0.1, -0.05) is 17.7 Å². The number of rotatable bonds is 5. The molecule has 23 heavy (non-hydrogen) atoms. The van der Waals surface area contributed by atoms with E-state index in [4.69, 9.17) is 21.1 Å². The van der Waals surface area contributed by atoms with Crippen molar-refractivity contribution in [3.8, 4) is 11.5 Å². The highest BCUT2D eigenvalue weighted by Gasteiger charge is 2.30. The molecule has 0 saturated carbocycles. The molecule has 0 bridgehead atoms. The summed E-state index contributed by atoms with van der Waals surface area (Å²) in [6.45, 7) is 2.50. The third kappa shape index (κ3) is 3.13. The molecule has 0 aliphatic carbocycles. The fraction of sp³-hybridized carbons (Fsp3) is 0.278. The average Bonchev–Trinajstić information content (AvgIpc) is 2.84. The van der Waals surface area contributed by atoms with Crippen LogP contribution in [0.3, 0.4) is 0 Å². The number of carbonyl (C=O) groups is 1. The van der Waals surface area contributed by atoms with Crippen LogP contribution >= 0.6 is 11.6 Å². The summed E-state index contributed by atoms with van der Waals surface area (Å²) >= 11 is 6.07. The zero-order valence-corrected chi connectivity index (χ0v) is 13.8. The predicted octanol–water partition coefficient (Wildman–Crippen LogP) is 4.03. The van der Waals surface area contributed by atoms with Crippen molar-refractivity contribution in [2.24, 2.45) is 0 Å². The highest BCUT2D eigenvalue weighted by atomic mass is 35.5. The summed E-state index contributed by atoms with van der Waals surface area (Å²) in [7, 11) is 1.61. The van der Waals surface area contributed by atoms with Crippen LogP contribution < -0.4 is 14.8 Å². The number of benzene rings is 2. The first-order valence-electron chi connectivity index (χ1n) is 7.52. The number of halogens is 1. The highest BCUT2D eigenvalue weighted by molar-refractivity contribution is 6.31. The summed E-state index contributed by atoms with van der Waals surface area (Å²) < 4.78 is 10.9. The van der Waals surface area contributed by atoms with E-state index in [1.165, 1.54) is 0 Å². The summed E-state index contributed by atoms with van der Waals surface area (Å²) in [5.74, 6) is 1.13. The minimum absolute atomic E-state index is 0.00452. The van der Waals surface area contributed by atoms with E-state index in [0.717, 1.165) is 16.8 Å². The van der Waals surface area contributed by atoms with Gasteiger partial charge in [0, 0.05) is 10.7 Å². The molecule has 0 fully saturated rings. The van der Waals surface area contributed by atoms with E-state index in [-0.39, 0.29) is 11.8 Å². The van der Waals surface area contributed by atoms with E-state index in [9.17, 15) is 4.79 Å². The van der Waals surface area contributed by atoms with Crippen molar-refractivity contribution < 1.29 is 14.3 Å². The lowest BCUT2D eigenvalue weighted by atomic mass is 9.93. The maximum atomic E-state index is 12.3. The third-order valence-electron chi connectivity index (χ3n) is 3.93. The van der Waals surface area contributed by atoms with Gasteiger partial charge in [-0.25, -0.2) is 0 Å². The molecule has 0 radical (unpaired) electrons. The lowest BCUT2D eigenvalue weighted by molar-refractivity contribution is -0.117. The fourth-order valence-corrected chi connectivity index (χ4v) is 3.03. The number of hydrogen-bond acceptors (Lipinski definition) is 3. The van der Waals surface area contributed by atoms with Gasteiger partial charge >= 0.3 is 0 Å². The van der Waals surface area contributed by atoms with Crippen LogP contribution in [0.4, 0.5) is 5.69 Å². The molecule has 2 aromatic rings. The zero-order chi connectivity index (χ0) is 16.4. The quantitative estimate of drug-likeness (QED) is 0.900. The van der Waals surface area contributed by atoms with Gasteiger partial charge in [0.05, 0.1) is 19.6 Å². The van der Waals surface area contributed by atoms with Crippen LogP contribution in [0.1, 0.15) is 24.0 Å². The van der Waals surface area contributed by atoms with E-state index in [0.29, 0.717) is 29.5 Å². The minimum Gasteiger partial charge on any atom is -0.493 e. The molecule has 3 rings (SSSR count). The molecule has 0 spiro atoms. The smallest absolute Gasteiger partial charge is 0.232 e. The molecular weight excluding hydrogens is 314 g/mol. The zero-order valence-electron chi connectivity index (χ0n) is 13.1. The van der Waals surface area contributed by atoms with Crippen LogP contribution in [0.5, 0.6) is 11.5 Å². The van der Waals surface area contributed by atoms with E-state index < -0.39 is 0 Å². The molecule has 1 unspecified atom stereocenters. The van der Waals surface area contributed by atoms with Gasteiger partial charge in [0.1, 0.15) is 0 Å². The Balaban J connectivity index is 1.88. The second-order valence-electron chi connectivity index (χ2n) is 5.40. The standard InChI is InChI=1S/C18H18ClNO3/c1-3-23-16-7-4-11(9-17(16)22-2)8-14-13-10-12(19)5-6-15(13)20-18(14)21/h4-7,9-10,14H,3,8H2,1-2H3,(H,20,21). The normalized spacial score (nSPS) is 16.0. The Kier molecular flexibility index (Phi) is 4.44. The van der Waals surface area contributed by atoms with Gasteiger partial charge in [-0.2, -0.15) is 0 Å². The molecular formula is C18H18ClNO3. The number of anilines is 1. The van der Waals surface area contributed by atoms with Gasteiger partial charge < -0.3 is 14.8 Å². The van der Waals surface area contributed by atoms with E-state index in [1.54, 1.807) is 13.2 Å². The number of ether oxygens (including phenoxy) is 2. The first kappa shape index (κ1) is 15.7. The first-order chi connectivity index (χ1) is 11.1. The Morgan fingerprint density at radius 1 is 1.17 bits per heavy atom. The number of methoxy groups -OCH3 is 1. The Hall–Kier alpha value is -2.20. The Morgan fingerprint density at radius 3 is 2.74 bits per heavy atom. The van der Waals surface area contributed by atoms with Gasteiger partial charge in [0.2, 0.25) is 5.91 Å². The van der Waals surface area contributed by atoms with Gasteiger partial charge in [-0.15, -0.1) is 0 Å². The summed E-state index contributed by atoms with van der Waals surface area (Å²) in [6, 6.07) is 11.2. The monoisotopic (exact) mass is 331 g/mol. The van der Waals surface area contributed by atoms with E-state index >= 15 is 0 Å². The maximum Gasteiger partial charge on any atom is 0.232 e. The van der Waals surface area contributed by atoms with Gasteiger partial charge in [-0.3, -0.25) is 4.79 Å². The molecule has 1 aliphatic heterocycles. The van der Waals surface area contributed by atoms with Crippen molar-refractivity contribution in [2.75, 3.05) is 19.0 Å². The first-order valence-corrected chi connectivity index (χ1v) is 7.90. The second-order valence-corrected chi connectivity index (χ2v) is 5.83. The lowest BCUT2D eigenvalue weighted by Crippen LogP contribution is -2.14. The summed E-state index contributed by atoms with van der Waals surface area (Å²) in [5, 5.41) is 3.54. The summed E-state index contributed by atoms with van der Waals surface area (Å²) in [4.78, 5) is 12.3. The van der Waals surface area contributed by atoms with Crippen molar-refractivity contribution in [3.63, 3.8) is 0 Å². The molecule has 1 amide bonds. The highest BCUT2D eigenvalue weighted by Crippen LogP contribution is 2.37. The van der Waals surface area contributed by atoms with Crippen LogP contribution in [0.25, 0.3) is 0 Å². The molecule has 1 atom stereocenters. The molecule has 4 nitrogen and oxygen atoms in total. The van der Waals surface area contributed by atoms with Crippen LogP contribution in [0.15, 0.2) is 36.4 Å². The number of nitrogens with one attached hydrogen (secondary N) is 1. The predicted molar refractivity (Wildman–Crippen MR) is 90.7 cm³/mol. The van der Waals surface area contributed by atoms with Crippen LogP contribution in [-0.4, -0.2) is 19.6 Å². The summed E-state index contributed by atoms with van der Waals surface area (Å²) in [5.41, 5.74) is 2.79. The maximum absolute atomic E-state index is 12.3. The molecule has 1 heterocycles. The molecule has 5 heteroatoms. The van der Waals surface area contributed by atoms with Crippen molar-refractivity contribution in [2.45, 2.75) is 19.3 Å². The van der Waals surface area contributed by atoms with Gasteiger partial charge in [0.15, 0.2) is 11.5 Å². The lowest BCUT2D eigenvalue weighted by Gasteiger charge is -2.13. The van der Waals surface area contributed by atoms with Crippen LogP contribution in [0, 0.1) is 0 Å². The molecule has 0 saturated heterocycles.